The second-order valence-electron chi connectivity index (χ2n) is 8.09. The van der Waals surface area contributed by atoms with Crippen LogP contribution in [0.1, 0.15) is 24.0 Å². The molecule has 166 valence electrons. The topological polar surface area (TPSA) is 68.6 Å². The van der Waals surface area contributed by atoms with Gasteiger partial charge in [0.2, 0.25) is 0 Å². The summed E-state index contributed by atoms with van der Waals surface area (Å²) >= 11 is 0. The molecule has 0 aromatic heterocycles. The average molecular weight is 435 g/mol. The van der Waals surface area contributed by atoms with Crippen LogP contribution in [0.2, 0.25) is 0 Å². The van der Waals surface area contributed by atoms with Crippen LogP contribution in [-0.4, -0.2) is 56.7 Å². The number of amides is 1. The maximum Gasteiger partial charge on any atom is 0.250 e. The fourth-order valence-electron chi connectivity index (χ4n) is 4.06. The number of carbonyl (C=O) groups excluding carboxylic acids is 1. The summed E-state index contributed by atoms with van der Waals surface area (Å²) in [5, 5.41) is 12.0. The zero-order chi connectivity index (χ0) is 22.3. The van der Waals surface area contributed by atoms with Crippen molar-refractivity contribution in [2.45, 2.75) is 12.8 Å². The minimum atomic E-state index is -0.346. The third-order valence-electron chi connectivity index (χ3n) is 5.88. The van der Waals surface area contributed by atoms with Crippen LogP contribution >= 0.6 is 0 Å². The molecule has 2 aromatic carbocycles. The molecule has 0 spiro atoms. The molecule has 2 aliphatic heterocycles. The molecule has 2 heterocycles. The van der Waals surface area contributed by atoms with Gasteiger partial charge >= 0.3 is 0 Å². The van der Waals surface area contributed by atoms with Gasteiger partial charge < -0.3 is 15.0 Å². The lowest BCUT2D eigenvalue weighted by atomic mass is 10.1. The van der Waals surface area contributed by atoms with Crippen molar-refractivity contribution in [1.82, 2.24) is 10.2 Å². The lowest BCUT2D eigenvalue weighted by molar-refractivity contribution is -0.117. The lowest BCUT2D eigenvalue weighted by Gasteiger charge is -2.36. The van der Waals surface area contributed by atoms with Crippen molar-refractivity contribution in [2.75, 3.05) is 50.8 Å². The van der Waals surface area contributed by atoms with E-state index in [1.165, 1.54) is 12.1 Å². The molecule has 2 aliphatic rings. The standard InChI is InChI=1S/C25H27FN4O2/c26-22-6-7-24-20(16-22)15-21(18-32-24)25(31)28-8-1-2-9-29-10-12-30(13-11-29)23-5-3-4-19(14-23)17-27/h3-7,14-16H,1-2,8-13,18H2,(H,28,31). The van der Waals surface area contributed by atoms with E-state index in [4.69, 9.17) is 10.00 Å². The Morgan fingerprint density at radius 3 is 2.78 bits per heavy atom. The van der Waals surface area contributed by atoms with Gasteiger partial charge in [-0.15, -0.1) is 0 Å². The predicted molar refractivity (Wildman–Crippen MR) is 122 cm³/mol. The van der Waals surface area contributed by atoms with E-state index in [-0.39, 0.29) is 18.3 Å². The molecule has 6 nitrogen and oxygen atoms in total. The highest BCUT2D eigenvalue weighted by Gasteiger charge is 2.18. The fourth-order valence-corrected chi connectivity index (χ4v) is 4.06. The molecule has 4 rings (SSSR count). The number of ether oxygens (including phenoxy) is 1. The maximum absolute atomic E-state index is 13.4. The van der Waals surface area contributed by atoms with Crippen LogP contribution in [0.25, 0.3) is 6.08 Å². The fraction of sp³-hybridized carbons (Fsp3) is 0.360. The van der Waals surface area contributed by atoms with Crippen molar-refractivity contribution in [3.63, 3.8) is 0 Å². The third-order valence-corrected chi connectivity index (χ3v) is 5.88. The molecule has 0 saturated carbocycles. The molecular formula is C25H27FN4O2. The molecule has 2 aromatic rings. The summed E-state index contributed by atoms with van der Waals surface area (Å²) in [4.78, 5) is 17.1. The van der Waals surface area contributed by atoms with Gasteiger partial charge in [0, 0.05) is 44.0 Å². The normalized spacial score (nSPS) is 15.9. The molecule has 1 saturated heterocycles. The molecule has 0 atom stereocenters. The van der Waals surface area contributed by atoms with Crippen LogP contribution < -0.4 is 15.0 Å². The molecule has 1 N–H and O–H groups in total. The van der Waals surface area contributed by atoms with Gasteiger partial charge in [-0.1, -0.05) is 6.07 Å². The van der Waals surface area contributed by atoms with Gasteiger partial charge in [-0.05, 0) is 61.9 Å². The van der Waals surface area contributed by atoms with E-state index in [9.17, 15) is 9.18 Å². The van der Waals surface area contributed by atoms with E-state index in [2.05, 4.69) is 27.3 Å². The van der Waals surface area contributed by atoms with E-state index in [0.717, 1.165) is 51.3 Å². The predicted octanol–water partition coefficient (Wildman–Crippen LogP) is 3.19. The summed E-state index contributed by atoms with van der Waals surface area (Å²) < 4.78 is 18.9. The monoisotopic (exact) mass is 434 g/mol. The number of unbranched alkanes of at least 4 members (excludes halogenated alkanes) is 1. The lowest BCUT2D eigenvalue weighted by Crippen LogP contribution is -2.46. The van der Waals surface area contributed by atoms with Crippen molar-refractivity contribution in [3.05, 3.63) is 65.0 Å². The smallest absolute Gasteiger partial charge is 0.250 e. The number of nitrogens with one attached hydrogen (secondary N) is 1. The maximum atomic E-state index is 13.4. The van der Waals surface area contributed by atoms with Crippen LogP contribution in [0.15, 0.2) is 48.0 Å². The number of hydrogen-bond acceptors (Lipinski definition) is 5. The van der Waals surface area contributed by atoms with Gasteiger partial charge in [0.1, 0.15) is 18.2 Å². The highest BCUT2D eigenvalue weighted by molar-refractivity contribution is 5.99. The third kappa shape index (κ3) is 5.45. The molecule has 0 unspecified atom stereocenters. The van der Waals surface area contributed by atoms with Gasteiger partial charge in [0.25, 0.3) is 5.91 Å². The van der Waals surface area contributed by atoms with Crippen LogP contribution in [-0.2, 0) is 4.79 Å². The van der Waals surface area contributed by atoms with E-state index in [0.29, 0.717) is 29.0 Å². The number of piperazine rings is 1. The minimum Gasteiger partial charge on any atom is -0.488 e. The molecule has 0 aliphatic carbocycles. The molecular weight excluding hydrogens is 407 g/mol. The van der Waals surface area contributed by atoms with Crippen LogP contribution in [0.3, 0.4) is 0 Å². The van der Waals surface area contributed by atoms with Gasteiger partial charge in [-0.2, -0.15) is 5.26 Å². The van der Waals surface area contributed by atoms with Crippen molar-refractivity contribution in [1.29, 1.82) is 5.26 Å². The number of hydrogen-bond donors (Lipinski definition) is 1. The summed E-state index contributed by atoms with van der Waals surface area (Å²) in [5.74, 6) is 0.0933. The molecule has 0 radical (unpaired) electrons. The molecule has 1 amide bonds. The molecule has 32 heavy (non-hydrogen) atoms. The Kier molecular flexibility index (Phi) is 7.03. The number of anilines is 1. The highest BCUT2D eigenvalue weighted by Crippen LogP contribution is 2.27. The first-order chi connectivity index (χ1) is 15.6. The van der Waals surface area contributed by atoms with Crippen LogP contribution in [0, 0.1) is 17.1 Å². The highest BCUT2D eigenvalue weighted by atomic mass is 19.1. The summed E-state index contributed by atoms with van der Waals surface area (Å²) in [7, 11) is 0. The Labute approximate surface area is 187 Å². The zero-order valence-corrected chi connectivity index (χ0v) is 18.0. The van der Waals surface area contributed by atoms with Gasteiger partial charge in [-0.3, -0.25) is 9.69 Å². The second-order valence-corrected chi connectivity index (χ2v) is 8.09. The Morgan fingerprint density at radius 1 is 1.12 bits per heavy atom. The Hall–Kier alpha value is -3.37. The van der Waals surface area contributed by atoms with E-state index >= 15 is 0 Å². The van der Waals surface area contributed by atoms with Gasteiger partial charge in [-0.25, -0.2) is 4.39 Å². The van der Waals surface area contributed by atoms with E-state index < -0.39 is 0 Å². The van der Waals surface area contributed by atoms with E-state index in [1.807, 2.05) is 18.2 Å². The van der Waals surface area contributed by atoms with Gasteiger partial charge in [0.05, 0.1) is 17.2 Å². The van der Waals surface area contributed by atoms with Crippen molar-refractivity contribution in [3.8, 4) is 11.8 Å². The number of halogens is 1. The zero-order valence-electron chi connectivity index (χ0n) is 18.0. The van der Waals surface area contributed by atoms with E-state index in [1.54, 1.807) is 12.1 Å². The van der Waals surface area contributed by atoms with Crippen molar-refractivity contribution >= 4 is 17.7 Å². The minimum absolute atomic E-state index is 0.159. The Morgan fingerprint density at radius 2 is 1.97 bits per heavy atom. The largest absolute Gasteiger partial charge is 0.488 e. The summed E-state index contributed by atoms with van der Waals surface area (Å²) in [6.45, 7) is 5.68. The Bertz CT molecular complexity index is 1040. The summed E-state index contributed by atoms with van der Waals surface area (Å²) in [6.07, 6.45) is 3.60. The first-order valence-corrected chi connectivity index (χ1v) is 11.0. The SMILES string of the molecule is N#Cc1cccc(N2CCN(CCCCNC(=O)C3=Cc4cc(F)ccc4OC3)CC2)c1. The Balaban J connectivity index is 1.14. The molecule has 0 bridgehead atoms. The number of nitriles is 1. The molecule has 7 heteroatoms. The van der Waals surface area contributed by atoms with Crippen LogP contribution in [0.5, 0.6) is 5.75 Å². The van der Waals surface area contributed by atoms with Crippen LogP contribution in [0.4, 0.5) is 10.1 Å². The second kappa shape index (κ2) is 10.3. The number of rotatable bonds is 7. The number of nitrogens with zero attached hydrogens (tertiary/aromatic N) is 3. The summed E-state index contributed by atoms with van der Waals surface area (Å²) in [6, 6.07) is 14.3. The number of benzene rings is 2. The van der Waals surface area contributed by atoms with Gasteiger partial charge in [0.15, 0.2) is 0 Å². The van der Waals surface area contributed by atoms with Crippen molar-refractivity contribution < 1.29 is 13.9 Å². The number of fused-ring (bicyclic) bond motifs is 1. The summed E-state index contributed by atoms with van der Waals surface area (Å²) in [5.41, 5.74) is 2.91. The number of carbonyl (C=O) groups is 1. The average Bonchev–Trinajstić information content (AvgIpc) is 2.83. The quantitative estimate of drug-likeness (QED) is 0.678. The first kappa shape index (κ1) is 21.8. The first-order valence-electron chi connectivity index (χ1n) is 11.0. The van der Waals surface area contributed by atoms with Crippen molar-refractivity contribution in [2.24, 2.45) is 0 Å². The molecule has 1 fully saturated rings.